The smallest absolute Gasteiger partial charge is 0.288 e. The standard InChI is InChI=1S/C19H14ClNO4/c1-9-6-14-12(8-13(9)20)17(22)15-16(21-19(23)18(15)25-14)10-4-3-5-11(7-10)24-2/h3-8,16H,1-2H3,(H,21,23). The maximum atomic E-state index is 13.0. The number of carbonyl (C=O) groups is 1. The van der Waals surface area contributed by atoms with Gasteiger partial charge in [0, 0.05) is 5.02 Å². The Labute approximate surface area is 148 Å². The van der Waals surface area contributed by atoms with Crippen molar-refractivity contribution in [2.24, 2.45) is 0 Å². The molecule has 0 bridgehead atoms. The van der Waals surface area contributed by atoms with E-state index >= 15 is 0 Å². The molecule has 1 amide bonds. The third kappa shape index (κ3) is 2.39. The van der Waals surface area contributed by atoms with Crippen molar-refractivity contribution >= 4 is 28.5 Å². The van der Waals surface area contributed by atoms with Crippen LogP contribution in [-0.2, 0) is 0 Å². The Kier molecular flexibility index (Phi) is 3.54. The van der Waals surface area contributed by atoms with Gasteiger partial charge in [0.15, 0.2) is 5.43 Å². The van der Waals surface area contributed by atoms with Gasteiger partial charge in [-0.15, -0.1) is 0 Å². The lowest BCUT2D eigenvalue weighted by molar-refractivity contribution is 0.0938. The predicted molar refractivity (Wildman–Crippen MR) is 94.5 cm³/mol. The molecular weight excluding hydrogens is 342 g/mol. The molecule has 1 unspecified atom stereocenters. The number of fused-ring (bicyclic) bond motifs is 2. The Hall–Kier alpha value is -2.79. The Morgan fingerprint density at radius 1 is 1.20 bits per heavy atom. The van der Waals surface area contributed by atoms with Gasteiger partial charge >= 0.3 is 0 Å². The molecule has 0 saturated heterocycles. The first-order chi connectivity index (χ1) is 12.0. The van der Waals surface area contributed by atoms with Crippen molar-refractivity contribution in [3.63, 3.8) is 0 Å². The molecule has 2 aromatic carbocycles. The van der Waals surface area contributed by atoms with E-state index < -0.39 is 11.9 Å². The van der Waals surface area contributed by atoms with Crippen LogP contribution in [0.4, 0.5) is 0 Å². The Balaban J connectivity index is 1.98. The van der Waals surface area contributed by atoms with Crippen LogP contribution in [0, 0.1) is 6.92 Å². The third-order valence-corrected chi connectivity index (χ3v) is 4.81. The second-order valence-corrected chi connectivity index (χ2v) is 6.36. The number of benzene rings is 2. The second-order valence-electron chi connectivity index (χ2n) is 5.95. The molecule has 1 aliphatic heterocycles. The van der Waals surface area contributed by atoms with Gasteiger partial charge in [0.1, 0.15) is 11.3 Å². The number of methoxy groups -OCH3 is 1. The quantitative estimate of drug-likeness (QED) is 0.762. The molecule has 0 aliphatic carbocycles. The number of carbonyl (C=O) groups excluding carboxylic acids is 1. The predicted octanol–water partition coefficient (Wildman–Crippen LogP) is 3.60. The molecule has 0 saturated carbocycles. The van der Waals surface area contributed by atoms with E-state index in [2.05, 4.69) is 5.32 Å². The van der Waals surface area contributed by atoms with Crippen LogP contribution >= 0.6 is 11.6 Å². The SMILES string of the molecule is COc1cccc(C2NC(=O)c3oc4cc(C)c(Cl)cc4c(=O)c32)c1. The van der Waals surface area contributed by atoms with Crippen molar-refractivity contribution in [1.82, 2.24) is 5.32 Å². The van der Waals surface area contributed by atoms with Gasteiger partial charge in [0.2, 0.25) is 5.76 Å². The lowest BCUT2D eigenvalue weighted by Gasteiger charge is -2.12. The fourth-order valence-electron chi connectivity index (χ4n) is 3.10. The molecule has 3 aromatic rings. The van der Waals surface area contributed by atoms with E-state index in [1.807, 2.05) is 13.0 Å². The summed E-state index contributed by atoms with van der Waals surface area (Å²) >= 11 is 6.15. The van der Waals surface area contributed by atoms with Gasteiger partial charge in [0.25, 0.3) is 5.91 Å². The van der Waals surface area contributed by atoms with Gasteiger partial charge in [-0.2, -0.15) is 0 Å². The van der Waals surface area contributed by atoms with Crippen molar-refractivity contribution in [2.75, 3.05) is 7.11 Å². The van der Waals surface area contributed by atoms with Crippen LogP contribution in [0.25, 0.3) is 11.0 Å². The fraction of sp³-hybridized carbons (Fsp3) is 0.158. The molecule has 5 nitrogen and oxygen atoms in total. The number of hydrogen-bond donors (Lipinski definition) is 1. The molecule has 1 atom stereocenters. The highest BCUT2D eigenvalue weighted by molar-refractivity contribution is 6.32. The highest BCUT2D eigenvalue weighted by Crippen LogP contribution is 2.33. The number of ether oxygens (including phenoxy) is 1. The van der Waals surface area contributed by atoms with Crippen LogP contribution in [0.2, 0.25) is 5.02 Å². The first kappa shape index (κ1) is 15.7. The largest absolute Gasteiger partial charge is 0.497 e. The average molecular weight is 356 g/mol. The fourth-order valence-corrected chi connectivity index (χ4v) is 3.26. The first-order valence-electron chi connectivity index (χ1n) is 7.71. The van der Waals surface area contributed by atoms with Gasteiger partial charge in [0.05, 0.1) is 24.1 Å². The Morgan fingerprint density at radius 3 is 2.76 bits per heavy atom. The highest BCUT2D eigenvalue weighted by atomic mass is 35.5. The minimum absolute atomic E-state index is 0.0482. The summed E-state index contributed by atoms with van der Waals surface area (Å²) in [5.41, 5.74) is 1.92. The molecule has 0 fully saturated rings. The van der Waals surface area contributed by atoms with Crippen molar-refractivity contribution < 1.29 is 13.9 Å². The van der Waals surface area contributed by atoms with Crippen molar-refractivity contribution in [1.29, 1.82) is 0 Å². The van der Waals surface area contributed by atoms with Crippen LogP contribution in [0.3, 0.4) is 0 Å². The molecule has 126 valence electrons. The normalized spacial score (nSPS) is 16.0. The third-order valence-electron chi connectivity index (χ3n) is 4.40. The van der Waals surface area contributed by atoms with E-state index in [4.69, 9.17) is 20.8 Å². The van der Waals surface area contributed by atoms with Crippen LogP contribution in [0.5, 0.6) is 5.75 Å². The minimum atomic E-state index is -0.585. The maximum Gasteiger partial charge on any atom is 0.288 e. The number of nitrogens with one attached hydrogen (secondary N) is 1. The first-order valence-corrected chi connectivity index (χ1v) is 8.09. The van der Waals surface area contributed by atoms with Crippen molar-refractivity contribution in [3.8, 4) is 5.75 Å². The van der Waals surface area contributed by atoms with E-state index in [1.165, 1.54) is 0 Å². The summed E-state index contributed by atoms with van der Waals surface area (Å²) < 4.78 is 11.0. The molecule has 0 spiro atoms. The molecule has 1 N–H and O–H groups in total. The van der Waals surface area contributed by atoms with Crippen LogP contribution in [0.1, 0.15) is 33.3 Å². The molecule has 6 heteroatoms. The number of rotatable bonds is 2. The van der Waals surface area contributed by atoms with Crippen molar-refractivity contribution in [3.05, 3.63) is 74.1 Å². The van der Waals surface area contributed by atoms with Crippen LogP contribution in [-0.4, -0.2) is 13.0 Å². The number of amides is 1. The summed E-state index contributed by atoms with van der Waals surface area (Å²) in [7, 11) is 1.56. The number of aryl methyl sites for hydroxylation is 1. The molecule has 1 aromatic heterocycles. The zero-order valence-electron chi connectivity index (χ0n) is 13.6. The molecule has 1 aliphatic rings. The van der Waals surface area contributed by atoms with Gasteiger partial charge < -0.3 is 14.5 Å². The zero-order valence-corrected chi connectivity index (χ0v) is 14.3. The lowest BCUT2D eigenvalue weighted by Crippen LogP contribution is -2.21. The van der Waals surface area contributed by atoms with E-state index in [1.54, 1.807) is 37.4 Å². The summed E-state index contributed by atoms with van der Waals surface area (Å²) in [6.07, 6.45) is 0. The highest BCUT2D eigenvalue weighted by Gasteiger charge is 2.36. The van der Waals surface area contributed by atoms with E-state index in [9.17, 15) is 9.59 Å². The van der Waals surface area contributed by atoms with E-state index in [0.29, 0.717) is 27.3 Å². The maximum absolute atomic E-state index is 13.0. The molecule has 4 rings (SSSR count). The minimum Gasteiger partial charge on any atom is -0.497 e. The van der Waals surface area contributed by atoms with E-state index in [0.717, 1.165) is 11.1 Å². The van der Waals surface area contributed by atoms with Gasteiger partial charge in [-0.05, 0) is 42.3 Å². The van der Waals surface area contributed by atoms with Gasteiger partial charge in [-0.3, -0.25) is 9.59 Å². The molecule has 2 heterocycles. The monoisotopic (exact) mass is 355 g/mol. The van der Waals surface area contributed by atoms with Crippen LogP contribution < -0.4 is 15.5 Å². The van der Waals surface area contributed by atoms with E-state index in [-0.39, 0.29) is 11.2 Å². The molecule has 25 heavy (non-hydrogen) atoms. The van der Waals surface area contributed by atoms with Gasteiger partial charge in [-0.1, -0.05) is 23.7 Å². The number of halogens is 1. The number of hydrogen-bond acceptors (Lipinski definition) is 4. The van der Waals surface area contributed by atoms with Gasteiger partial charge in [-0.25, -0.2) is 0 Å². The zero-order chi connectivity index (χ0) is 17.7. The summed E-state index contributed by atoms with van der Waals surface area (Å²) in [4.78, 5) is 25.4. The van der Waals surface area contributed by atoms with Crippen molar-refractivity contribution in [2.45, 2.75) is 13.0 Å². The molecular formula is C19H14ClNO4. The molecule has 0 radical (unpaired) electrons. The lowest BCUT2D eigenvalue weighted by atomic mass is 9.99. The topological polar surface area (TPSA) is 68.5 Å². The average Bonchev–Trinajstić information content (AvgIpc) is 2.94. The summed E-state index contributed by atoms with van der Waals surface area (Å²) in [5.74, 6) is 0.283. The Bertz CT molecular complexity index is 1090. The summed E-state index contributed by atoms with van der Waals surface area (Å²) in [5, 5.41) is 3.65. The summed E-state index contributed by atoms with van der Waals surface area (Å²) in [6.45, 7) is 1.81. The Morgan fingerprint density at radius 2 is 2.00 bits per heavy atom. The van der Waals surface area contributed by atoms with Crippen LogP contribution in [0.15, 0.2) is 45.6 Å². The summed E-state index contributed by atoms with van der Waals surface area (Å²) in [6, 6.07) is 9.89. The second kappa shape index (κ2) is 5.63.